The van der Waals surface area contributed by atoms with Crippen LogP contribution in [0.2, 0.25) is 0 Å². The van der Waals surface area contributed by atoms with Crippen molar-refractivity contribution < 1.29 is 9.53 Å². The van der Waals surface area contributed by atoms with Crippen molar-refractivity contribution in [3.63, 3.8) is 0 Å². The van der Waals surface area contributed by atoms with Crippen LogP contribution in [0.3, 0.4) is 0 Å². The Morgan fingerprint density at radius 1 is 1.20 bits per heavy atom. The van der Waals surface area contributed by atoms with E-state index in [2.05, 4.69) is 10.2 Å². The van der Waals surface area contributed by atoms with E-state index in [1.165, 1.54) is 24.6 Å². The Morgan fingerprint density at radius 3 is 2.60 bits per heavy atom. The first kappa shape index (κ1) is 16.6. The molecular weight excluding hydrogens is 336 g/mol. The second-order valence-corrected chi connectivity index (χ2v) is 7.59. The van der Waals surface area contributed by atoms with Crippen LogP contribution in [0.15, 0.2) is 35.5 Å². The summed E-state index contributed by atoms with van der Waals surface area (Å²) >= 11 is 1.49. The molecule has 2 fully saturated rings. The highest BCUT2D eigenvalue weighted by atomic mass is 32.2. The molecule has 1 aromatic carbocycles. The van der Waals surface area contributed by atoms with Gasteiger partial charge in [0.25, 0.3) is 0 Å². The van der Waals surface area contributed by atoms with E-state index in [9.17, 15) is 4.79 Å². The van der Waals surface area contributed by atoms with Gasteiger partial charge in [0.15, 0.2) is 5.16 Å². The summed E-state index contributed by atoms with van der Waals surface area (Å²) in [5.74, 6) is 1.69. The minimum atomic E-state index is -0.311. The number of amides is 1. The van der Waals surface area contributed by atoms with E-state index in [1.807, 2.05) is 46.8 Å². The number of aromatic nitrogens is 3. The van der Waals surface area contributed by atoms with Gasteiger partial charge >= 0.3 is 0 Å². The number of thioether (sulfide) groups is 1. The molecule has 1 atom stereocenters. The van der Waals surface area contributed by atoms with Gasteiger partial charge in [-0.05, 0) is 18.4 Å². The molecule has 6 nitrogen and oxygen atoms in total. The monoisotopic (exact) mass is 358 g/mol. The number of rotatable bonds is 5. The highest BCUT2D eigenvalue weighted by molar-refractivity contribution is 8.00. The van der Waals surface area contributed by atoms with Crippen molar-refractivity contribution in [1.82, 2.24) is 19.7 Å². The van der Waals surface area contributed by atoms with E-state index in [0.29, 0.717) is 32.2 Å². The molecule has 2 aromatic rings. The summed E-state index contributed by atoms with van der Waals surface area (Å²) in [6.45, 7) is 2.51. The van der Waals surface area contributed by atoms with Crippen LogP contribution in [-0.2, 0) is 16.6 Å². The summed E-state index contributed by atoms with van der Waals surface area (Å²) in [6.07, 6.45) is 2.37. The highest BCUT2D eigenvalue weighted by Crippen LogP contribution is 2.41. The van der Waals surface area contributed by atoms with Crippen LogP contribution in [0.5, 0.6) is 0 Å². The smallest absolute Gasteiger partial charge is 0.240 e. The minimum Gasteiger partial charge on any atom is -0.378 e. The average molecular weight is 358 g/mol. The van der Waals surface area contributed by atoms with Gasteiger partial charge in [-0.2, -0.15) is 0 Å². The van der Waals surface area contributed by atoms with Gasteiger partial charge in [0.05, 0.1) is 13.2 Å². The normalized spacial score (nSPS) is 19.0. The van der Waals surface area contributed by atoms with E-state index >= 15 is 0 Å². The van der Waals surface area contributed by atoms with Crippen LogP contribution in [0, 0.1) is 0 Å². The van der Waals surface area contributed by atoms with Gasteiger partial charge in [-0.1, -0.05) is 42.1 Å². The molecule has 132 valence electrons. The molecular formula is C18H22N4O2S. The van der Waals surface area contributed by atoms with Gasteiger partial charge in [0, 0.05) is 26.1 Å². The summed E-state index contributed by atoms with van der Waals surface area (Å²) in [4.78, 5) is 15.1. The van der Waals surface area contributed by atoms with E-state index in [4.69, 9.17) is 4.74 Å². The molecule has 1 saturated carbocycles. The van der Waals surface area contributed by atoms with Crippen LogP contribution < -0.4 is 0 Å². The van der Waals surface area contributed by atoms with Gasteiger partial charge in [-0.3, -0.25) is 4.79 Å². The Balaban J connectivity index is 1.60. The maximum Gasteiger partial charge on any atom is 0.240 e. The molecule has 2 heterocycles. The minimum absolute atomic E-state index is 0.121. The Kier molecular flexibility index (Phi) is 4.76. The number of carbonyl (C=O) groups is 1. The fourth-order valence-electron chi connectivity index (χ4n) is 3.07. The molecule has 2 aliphatic rings. The topological polar surface area (TPSA) is 60.2 Å². The number of nitrogens with zero attached hydrogens (tertiary/aromatic N) is 4. The quantitative estimate of drug-likeness (QED) is 0.768. The molecule has 0 bridgehead atoms. The Hall–Kier alpha value is -1.86. The molecule has 1 unspecified atom stereocenters. The van der Waals surface area contributed by atoms with Gasteiger partial charge in [0.2, 0.25) is 5.91 Å². The summed E-state index contributed by atoms with van der Waals surface area (Å²) in [5, 5.41) is 9.19. The third-order valence-corrected chi connectivity index (χ3v) is 5.96. The van der Waals surface area contributed by atoms with Gasteiger partial charge < -0.3 is 14.2 Å². The van der Waals surface area contributed by atoms with E-state index in [1.54, 1.807) is 0 Å². The van der Waals surface area contributed by atoms with Crippen molar-refractivity contribution in [3.8, 4) is 0 Å². The van der Waals surface area contributed by atoms with Crippen molar-refractivity contribution in [1.29, 1.82) is 0 Å². The number of hydrogen-bond donors (Lipinski definition) is 0. The van der Waals surface area contributed by atoms with Crippen molar-refractivity contribution in [2.75, 3.05) is 26.3 Å². The Morgan fingerprint density at radius 2 is 1.92 bits per heavy atom. The maximum absolute atomic E-state index is 13.2. The van der Waals surface area contributed by atoms with Crippen molar-refractivity contribution in [2.24, 2.45) is 7.05 Å². The third-order valence-electron chi connectivity index (χ3n) is 4.68. The molecule has 1 aliphatic heterocycles. The van der Waals surface area contributed by atoms with Gasteiger partial charge in [-0.15, -0.1) is 10.2 Å². The second kappa shape index (κ2) is 7.17. The lowest BCUT2D eigenvalue weighted by atomic mass is 10.1. The first-order valence-corrected chi connectivity index (χ1v) is 9.59. The summed E-state index contributed by atoms with van der Waals surface area (Å²) in [6, 6.07) is 9.93. The second-order valence-electron chi connectivity index (χ2n) is 6.52. The zero-order valence-corrected chi connectivity index (χ0v) is 15.1. The first-order chi connectivity index (χ1) is 12.2. The predicted octanol–water partition coefficient (Wildman–Crippen LogP) is 2.38. The van der Waals surface area contributed by atoms with Crippen LogP contribution in [0.4, 0.5) is 0 Å². The Labute approximate surface area is 151 Å². The SMILES string of the molecule is Cn1c(SC(C(=O)N2CCOCC2)c2ccccc2)nnc1C1CC1. The standard InChI is InChI=1S/C18H22N4O2S/c1-21-16(14-7-8-14)19-20-18(21)25-15(13-5-3-2-4-6-13)17(23)22-9-11-24-12-10-22/h2-6,14-15H,7-12H2,1H3. The summed E-state index contributed by atoms with van der Waals surface area (Å²) in [5.41, 5.74) is 1.000. The molecule has 0 radical (unpaired) electrons. The third kappa shape index (κ3) is 3.57. The molecule has 1 aliphatic carbocycles. The molecule has 7 heteroatoms. The molecule has 1 amide bonds. The van der Waals surface area contributed by atoms with Crippen molar-refractivity contribution in [3.05, 3.63) is 41.7 Å². The highest BCUT2D eigenvalue weighted by Gasteiger charge is 2.32. The largest absolute Gasteiger partial charge is 0.378 e. The number of morpholine rings is 1. The molecule has 0 spiro atoms. The van der Waals surface area contributed by atoms with Gasteiger partial charge in [0.1, 0.15) is 11.1 Å². The number of hydrogen-bond acceptors (Lipinski definition) is 5. The lowest BCUT2D eigenvalue weighted by Gasteiger charge is -2.30. The van der Waals surface area contributed by atoms with Crippen LogP contribution in [-0.4, -0.2) is 51.9 Å². The lowest BCUT2D eigenvalue weighted by Crippen LogP contribution is -2.42. The predicted molar refractivity (Wildman–Crippen MR) is 95.4 cm³/mol. The number of benzene rings is 1. The van der Waals surface area contributed by atoms with Crippen LogP contribution >= 0.6 is 11.8 Å². The van der Waals surface area contributed by atoms with Crippen LogP contribution in [0.1, 0.15) is 35.4 Å². The average Bonchev–Trinajstić information content (AvgIpc) is 3.44. The number of carbonyl (C=O) groups excluding carboxylic acids is 1. The maximum atomic E-state index is 13.2. The lowest BCUT2D eigenvalue weighted by molar-refractivity contribution is -0.134. The fraction of sp³-hybridized carbons (Fsp3) is 0.500. The van der Waals surface area contributed by atoms with Crippen molar-refractivity contribution >= 4 is 17.7 Å². The zero-order chi connectivity index (χ0) is 17.2. The van der Waals surface area contributed by atoms with Crippen molar-refractivity contribution in [2.45, 2.75) is 29.2 Å². The zero-order valence-electron chi connectivity index (χ0n) is 14.3. The van der Waals surface area contributed by atoms with E-state index in [0.717, 1.165) is 16.5 Å². The first-order valence-electron chi connectivity index (χ1n) is 8.71. The summed E-state index contributed by atoms with van der Waals surface area (Å²) < 4.78 is 7.43. The number of ether oxygens (including phenoxy) is 1. The van der Waals surface area contributed by atoms with E-state index in [-0.39, 0.29) is 11.2 Å². The van der Waals surface area contributed by atoms with Crippen LogP contribution in [0.25, 0.3) is 0 Å². The fourth-order valence-corrected chi connectivity index (χ4v) is 4.16. The summed E-state index contributed by atoms with van der Waals surface area (Å²) in [7, 11) is 2.00. The van der Waals surface area contributed by atoms with Gasteiger partial charge in [-0.25, -0.2) is 0 Å². The Bertz CT molecular complexity index is 739. The molecule has 0 N–H and O–H groups in total. The molecule has 1 saturated heterocycles. The van der Waals surface area contributed by atoms with E-state index < -0.39 is 0 Å². The molecule has 4 rings (SSSR count). The molecule has 1 aromatic heterocycles. The molecule has 25 heavy (non-hydrogen) atoms.